The van der Waals surface area contributed by atoms with Crippen LogP contribution in [0.3, 0.4) is 0 Å². The fraction of sp³-hybridized carbons (Fsp3) is 0.462. The van der Waals surface area contributed by atoms with Gasteiger partial charge in [-0.2, -0.15) is 13.8 Å². The van der Waals surface area contributed by atoms with Crippen LogP contribution in [0.4, 0.5) is 17.6 Å². The highest BCUT2D eigenvalue weighted by Gasteiger charge is 2.26. The molecule has 0 radical (unpaired) electrons. The number of nitrogens with zero attached hydrogens (tertiary/aromatic N) is 4. The summed E-state index contributed by atoms with van der Waals surface area (Å²) in [4.78, 5) is 1.71. The molecule has 1 aliphatic rings. The molecule has 2 aromatic heterocycles. The van der Waals surface area contributed by atoms with Crippen LogP contribution >= 0.6 is 11.8 Å². The van der Waals surface area contributed by atoms with Crippen molar-refractivity contribution < 1.29 is 17.6 Å². The first-order chi connectivity index (χ1) is 11.0. The maximum atomic E-state index is 13.7. The Kier molecular flexibility index (Phi) is 4.53. The van der Waals surface area contributed by atoms with Crippen LogP contribution in [0.1, 0.15) is 24.6 Å². The Bertz CT molecular complexity index is 703. The van der Waals surface area contributed by atoms with E-state index in [1.165, 1.54) is 0 Å². The smallest absolute Gasteiger partial charge is 0.252 e. The minimum atomic E-state index is -1.69. The Morgan fingerprint density at radius 1 is 1.04 bits per heavy atom. The third kappa shape index (κ3) is 3.05. The van der Waals surface area contributed by atoms with E-state index in [1.54, 1.807) is 11.6 Å². The van der Waals surface area contributed by atoms with E-state index < -0.39 is 28.4 Å². The zero-order valence-corrected chi connectivity index (χ0v) is 12.9. The van der Waals surface area contributed by atoms with Crippen molar-refractivity contribution >= 4 is 11.8 Å². The van der Waals surface area contributed by atoms with Gasteiger partial charge in [0.2, 0.25) is 0 Å². The van der Waals surface area contributed by atoms with Crippen molar-refractivity contribution in [3.8, 4) is 0 Å². The topological polar surface area (TPSA) is 55.6 Å². The molecule has 1 fully saturated rings. The third-order valence-corrected chi connectivity index (χ3v) is 4.82. The molecule has 0 aromatic carbocycles. The first-order valence-electron chi connectivity index (χ1n) is 6.97. The fourth-order valence-corrected chi connectivity index (χ4v) is 3.34. The Hall–Kier alpha value is -1.68. The summed E-state index contributed by atoms with van der Waals surface area (Å²) in [6.07, 6.45) is 1.75. The molecule has 0 amide bonds. The number of aromatic nitrogens is 4. The van der Waals surface area contributed by atoms with Crippen LogP contribution in [0.15, 0.2) is 10.1 Å². The van der Waals surface area contributed by atoms with Crippen LogP contribution in [0.5, 0.6) is 0 Å². The van der Waals surface area contributed by atoms with Gasteiger partial charge >= 0.3 is 0 Å². The lowest BCUT2D eigenvalue weighted by molar-refractivity contribution is 0.383. The van der Waals surface area contributed by atoms with Crippen LogP contribution in [-0.2, 0) is 7.05 Å². The molecular weight excluding hydrogens is 334 g/mol. The standard InChI is InChI=1S/C13H13F4N5S/c1-22-12(6-2-4-18-5-3-6)20-21-13(22)23-9-7(14)10(16)19-11(17)8(9)15/h6,18H,2-5H2,1H3. The van der Waals surface area contributed by atoms with Crippen LogP contribution < -0.4 is 5.32 Å². The second-order valence-corrected chi connectivity index (χ2v) is 6.15. The SMILES string of the molecule is Cn1c(Sc2c(F)c(F)nc(F)c2F)nnc1C1CCNCC1. The molecule has 1 N–H and O–H groups in total. The van der Waals surface area contributed by atoms with Crippen molar-refractivity contribution in [3.05, 3.63) is 29.4 Å². The normalized spacial score (nSPS) is 16.0. The molecule has 0 spiro atoms. The largest absolute Gasteiger partial charge is 0.317 e. The van der Waals surface area contributed by atoms with E-state index in [2.05, 4.69) is 20.5 Å². The minimum absolute atomic E-state index is 0.154. The van der Waals surface area contributed by atoms with Gasteiger partial charge in [0.15, 0.2) is 16.8 Å². The van der Waals surface area contributed by atoms with Gasteiger partial charge in [-0.25, -0.2) is 8.78 Å². The van der Waals surface area contributed by atoms with E-state index in [0.29, 0.717) is 17.6 Å². The lowest BCUT2D eigenvalue weighted by Crippen LogP contribution is -2.27. The molecule has 10 heteroatoms. The highest BCUT2D eigenvalue weighted by molar-refractivity contribution is 7.99. The summed E-state index contributed by atoms with van der Waals surface area (Å²) in [5.41, 5.74) is 0. The molecular formula is C13H13F4N5S. The Labute approximate surface area is 133 Å². The molecule has 2 aromatic rings. The molecule has 1 saturated heterocycles. The number of rotatable bonds is 3. The summed E-state index contributed by atoms with van der Waals surface area (Å²) in [5, 5.41) is 11.3. The van der Waals surface area contributed by atoms with Crippen molar-refractivity contribution in [3.63, 3.8) is 0 Å². The summed E-state index contributed by atoms with van der Waals surface area (Å²) < 4.78 is 55.3. The number of nitrogens with one attached hydrogen (secondary N) is 1. The molecule has 0 saturated carbocycles. The predicted molar refractivity (Wildman–Crippen MR) is 74.0 cm³/mol. The average Bonchev–Trinajstić information content (AvgIpc) is 2.91. The summed E-state index contributed by atoms with van der Waals surface area (Å²) in [5.74, 6) is -5.59. The Morgan fingerprint density at radius 2 is 1.65 bits per heavy atom. The second-order valence-electron chi connectivity index (χ2n) is 5.18. The number of piperidine rings is 1. The van der Waals surface area contributed by atoms with E-state index in [-0.39, 0.29) is 11.1 Å². The lowest BCUT2D eigenvalue weighted by Gasteiger charge is -2.21. The van der Waals surface area contributed by atoms with Crippen molar-refractivity contribution in [1.82, 2.24) is 25.1 Å². The highest BCUT2D eigenvalue weighted by atomic mass is 32.2. The predicted octanol–water partition coefficient (Wildman–Crippen LogP) is 2.38. The maximum absolute atomic E-state index is 13.7. The van der Waals surface area contributed by atoms with Gasteiger partial charge in [0.25, 0.3) is 11.9 Å². The van der Waals surface area contributed by atoms with Crippen LogP contribution in [0, 0.1) is 23.5 Å². The van der Waals surface area contributed by atoms with Gasteiger partial charge in [-0.3, -0.25) is 0 Å². The molecule has 0 atom stereocenters. The van der Waals surface area contributed by atoms with Gasteiger partial charge < -0.3 is 9.88 Å². The molecule has 5 nitrogen and oxygen atoms in total. The first-order valence-corrected chi connectivity index (χ1v) is 7.78. The zero-order chi connectivity index (χ0) is 16.6. The maximum Gasteiger partial charge on any atom is 0.252 e. The average molecular weight is 347 g/mol. The van der Waals surface area contributed by atoms with Crippen LogP contribution in [0.25, 0.3) is 0 Å². The number of hydrogen-bond donors (Lipinski definition) is 1. The number of pyridine rings is 1. The molecule has 3 rings (SSSR count). The first kappa shape index (κ1) is 16.2. The van der Waals surface area contributed by atoms with Crippen molar-refractivity contribution in [2.75, 3.05) is 13.1 Å². The van der Waals surface area contributed by atoms with E-state index >= 15 is 0 Å². The summed E-state index contributed by atoms with van der Waals surface area (Å²) in [6, 6.07) is 0. The molecule has 0 aliphatic carbocycles. The fourth-order valence-electron chi connectivity index (χ4n) is 2.50. The molecule has 23 heavy (non-hydrogen) atoms. The quantitative estimate of drug-likeness (QED) is 0.682. The number of hydrogen-bond acceptors (Lipinski definition) is 5. The summed E-state index contributed by atoms with van der Waals surface area (Å²) in [7, 11) is 1.66. The van der Waals surface area contributed by atoms with Gasteiger partial charge in [-0.05, 0) is 37.7 Å². The van der Waals surface area contributed by atoms with E-state index in [9.17, 15) is 17.6 Å². The Morgan fingerprint density at radius 3 is 2.26 bits per heavy atom. The summed E-state index contributed by atoms with van der Waals surface area (Å²) in [6.45, 7) is 1.70. The minimum Gasteiger partial charge on any atom is -0.317 e. The molecule has 124 valence electrons. The van der Waals surface area contributed by atoms with Gasteiger partial charge in [0, 0.05) is 13.0 Å². The van der Waals surface area contributed by atoms with Crippen molar-refractivity contribution in [2.45, 2.75) is 28.8 Å². The van der Waals surface area contributed by atoms with Crippen molar-refractivity contribution in [2.24, 2.45) is 7.05 Å². The van der Waals surface area contributed by atoms with Crippen molar-refractivity contribution in [1.29, 1.82) is 0 Å². The van der Waals surface area contributed by atoms with Gasteiger partial charge in [0.05, 0.1) is 4.90 Å². The van der Waals surface area contributed by atoms with E-state index in [1.807, 2.05) is 0 Å². The zero-order valence-electron chi connectivity index (χ0n) is 12.1. The lowest BCUT2D eigenvalue weighted by atomic mass is 9.97. The molecule has 0 bridgehead atoms. The third-order valence-electron chi connectivity index (χ3n) is 3.72. The molecule has 3 heterocycles. The number of halogens is 4. The van der Waals surface area contributed by atoms with Crippen LogP contribution in [-0.4, -0.2) is 32.8 Å². The van der Waals surface area contributed by atoms with Crippen LogP contribution in [0.2, 0.25) is 0 Å². The molecule has 0 unspecified atom stereocenters. The van der Waals surface area contributed by atoms with Gasteiger partial charge in [-0.15, -0.1) is 10.2 Å². The highest BCUT2D eigenvalue weighted by Crippen LogP contribution is 2.34. The van der Waals surface area contributed by atoms with Gasteiger partial charge in [0.1, 0.15) is 5.82 Å². The summed E-state index contributed by atoms with van der Waals surface area (Å²) >= 11 is 0.484. The second kappa shape index (κ2) is 6.44. The Balaban J connectivity index is 1.91. The monoisotopic (exact) mass is 347 g/mol. The van der Waals surface area contributed by atoms with Gasteiger partial charge in [-0.1, -0.05) is 0 Å². The van der Waals surface area contributed by atoms with E-state index in [4.69, 9.17) is 0 Å². The molecule has 1 aliphatic heterocycles. The van der Waals surface area contributed by atoms with E-state index in [0.717, 1.165) is 25.9 Å².